The average Bonchev–Trinajstić information content (AvgIpc) is 3.07. The number of carbonyl (C=O) groups excluding carboxylic acids is 2. The molecule has 5 rings (SSSR count). The molecule has 1 aromatic heterocycles. The fourth-order valence-electron chi connectivity index (χ4n) is 5.44. The Kier molecular flexibility index (Phi) is 5.87. The van der Waals surface area contributed by atoms with E-state index in [1.807, 2.05) is 6.92 Å². The summed E-state index contributed by atoms with van der Waals surface area (Å²) >= 11 is 0. The van der Waals surface area contributed by atoms with Gasteiger partial charge >= 0.3 is 0 Å². The van der Waals surface area contributed by atoms with Crippen molar-refractivity contribution in [3.8, 4) is 5.75 Å². The van der Waals surface area contributed by atoms with Crippen molar-refractivity contribution in [2.45, 2.75) is 63.6 Å². The smallest absolute Gasteiger partial charge is 0.274 e. The van der Waals surface area contributed by atoms with E-state index in [2.05, 4.69) is 5.32 Å². The highest BCUT2D eigenvalue weighted by molar-refractivity contribution is 5.99. The molecule has 0 unspecified atom stereocenters. The molecule has 2 bridgehead atoms. The fourth-order valence-corrected chi connectivity index (χ4v) is 5.44. The second kappa shape index (κ2) is 8.59. The average molecular weight is 521 g/mol. The van der Waals surface area contributed by atoms with Crippen LogP contribution in [0.4, 0.5) is 13.2 Å². The number of carbonyl (C=O) groups is 2. The van der Waals surface area contributed by atoms with Gasteiger partial charge in [-0.25, -0.2) is 13.2 Å². The number of hydrogen-bond acceptors (Lipinski definition) is 6. The monoisotopic (exact) mass is 521 g/mol. The molecule has 3 atom stereocenters. The molecule has 0 saturated carbocycles. The minimum absolute atomic E-state index is 0.191. The van der Waals surface area contributed by atoms with E-state index in [0.717, 1.165) is 6.20 Å². The number of fused-ring (bicyclic) bond motifs is 5. The lowest BCUT2D eigenvalue weighted by molar-refractivity contribution is -0.172. The van der Waals surface area contributed by atoms with Gasteiger partial charge in [0.1, 0.15) is 28.6 Å². The van der Waals surface area contributed by atoms with Gasteiger partial charge in [0.15, 0.2) is 17.2 Å². The SMILES string of the molecule is C[C@H]1CC[C@]2(COC(C)(C)O2)[C@H]2CN1C(=O)c1c(O)c(=O)c(C(=O)NCc3c(F)cc(F)cc3F)cn12. The van der Waals surface area contributed by atoms with E-state index >= 15 is 0 Å². The zero-order valence-corrected chi connectivity index (χ0v) is 20.4. The molecule has 2 saturated heterocycles. The van der Waals surface area contributed by atoms with Gasteiger partial charge in [0, 0.05) is 43.0 Å². The molecule has 1 spiro atoms. The first-order chi connectivity index (χ1) is 17.3. The first-order valence-corrected chi connectivity index (χ1v) is 11.9. The Morgan fingerprint density at radius 3 is 2.51 bits per heavy atom. The number of aromatic nitrogens is 1. The van der Waals surface area contributed by atoms with Crippen molar-refractivity contribution < 1.29 is 37.3 Å². The van der Waals surface area contributed by atoms with Gasteiger partial charge in [0.25, 0.3) is 11.8 Å². The van der Waals surface area contributed by atoms with Gasteiger partial charge in [-0.3, -0.25) is 14.4 Å². The molecule has 0 radical (unpaired) electrons. The van der Waals surface area contributed by atoms with Crippen LogP contribution in [0.1, 0.15) is 66.1 Å². The maximum absolute atomic E-state index is 14.0. The molecule has 37 heavy (non-hydrogen) atoms. The molecule has 2 fully saturated rings. The third-order valence-corrected chi connectivity index (χ3v) is 7.39. The van der Waals surface area contributed by atoms with Gasteiger partial charge in [-0.15, -0.1) is 0 Å². The van der Waals surface area contributed by atoms with Crippen LogP contribution in [0.25, 0.3) is 0 Å². The van der Waals surface area contributed by atoms with Crippen LogP contribution in [0.15, 0.2) is 23.1 Å². The molecular formula is C25H26F3N3O6. The Morgan fingerprint density at radius 1 is 1.22 bits per heavy atom. The molecule has 198 valence electrons. The first-order valence-electron chi connectivity index (χ1n) is 11.9. The maximum atomic E-state index is 14.0. The largest absolute Gasteiger partial charge is 0.503 e. The Bertz CT molecular complexity index is 1350. The lowest BCUT2D eigenvalue weighted by Crippen LogP contribution is -2.53. The minimum atomic E-state index is -1.20. The van der Waals surface area contributed by atoms with Crippen molar-refractivity contribution in [2.75, 3.05) is 13.2 Å². The predicted molar refractivity (Wildman–Crippen MR) is 122 cm³/mol. The van der Waals surface area contributed by atoms with Crippen LogP contribution in [0, 0.1) is 17.5 Å². The molecule has 4 heterocycles. The summed E-state index contributed by atoms with van der Waals surface area (Å²) in [7, 11) is 0. The number of pyridine rings is 1. The van der Waals surface area contributed by atoms with Crippen molar-refractivity contribution in [2.24, 2.45) is 0 Å². The number of hydrogen-bond donors (Lipinski definition) is 2. The van der Waals surface area contributed by atoms with Crippen molar-refractivity contribution in [3.63, 3.8) is 0 Å². The molecule has 9 nitrogen and oxygen atoms in total. The second-order valence-electron chi connectivity index (χ2n) is 10.2. The number of halogens is 3. The Labute approximate surface area is 209 Å². The number of amides is 2. The van der Waals surface area contributed by atoms with Gasteiger partial charge in [-0.2, -0.15) is 0 Å². The highest BCUT2D eigenvalue weighted by Gasteiger charge is 2.56. The summed E-state index contributed by atoms with van der Waals surface area (Å²) in [6, 6.07) is 0.142. The number of nitrogens with zero attached hydrogens (tertiary/aromatic N) is 2. The highest BCUT2D eigenvalue weighted by atomic mass is 19.1. The van der Waals surface area contributed by atoms with Crippen LogP contribution in [-0.4, -0.2) is 57.0 Å². The van der Waals surface area contributed by atoms with Crippen molar-refractivity contribution in [1.29, 1.82) is 0 Å². The van der Waals surface area contributed by atoms with Gasteiger partial charge in [-0.1, -0.05) is 0 Å². The zero-order valence-electron chi connectivity index (χ0n) is 20.4. The van der Waals surface area contributed by atoms with Crippen LogP contribution >= 0.6 is 0 Å². The van der Waals surface area contributed by atoms with Crippen molar-refractivity contribution in [1.82, 2.24) is 14.8 Å². The summed E-state index contributed by atoms with van der Waals surface area (Å²) in [5.74, 6) is -6.94. The lowest BCUT2D eigenvalue weighted by atomic mass is 9.88. The Hall–Kier alpha value is -3.38. The topological polar surface area (TPSA) is 110 Å². The van der Waals surface area contributed by atoms with Crippen molar-refractivity contribution >= 4 is 11.8 Å². The molecule has 0 aliphatic carbocycles. The molecule has 2 aromatic rings. The summed E-state index contributed by atoms with van der Waals surface area (Å²) in [5.41, 5.74) is -3.41. The van der Waals surface area contributed by atoms with Gasteiger partial charge < -0.3 is 29.4 Å². The molecular weight excluding hydrogens is 495 g/mol. The molecule has 3 aliphatic heterocycles. The van der Waals surface area contributed by atoms with Crippen LogP contribution in [-0.2, 0) is 16.0 Å². The van der Waals surface area contributed by atoms with Crippen LogP contribution < -0.4 is 10.7 Å². The van der Waals surface area contributed by atoms with Crippen LogP contribution in [0.2, 0.25) is 0 Å². The van der Waals surface area contributed by atoms with Crippen LogP contribution in [0.3, 0.4) is 0 Å². The van der Waals surface area contributed by atoms with E-state index in [-0.39, 0.29) is 24.9 Å². The third kappa shape index (κ3) is 4.08. The molecule has 2 amide bonds. The fraction of sp³-hybridized carbons (Fsp3) is 0.480. The third-order valence-electron chi connectivity index (χ3n) is 7.39. The van der Waals surface area contributed by atoms with E-state index in [9.17, 15) is 32.7 Å². The molecule has 1 aromatic carbocycles. The standard InChI is InChI=1S/C25H26F3N3O6/c1-12-4-5-25(11-36-24(2,3)37-25)18-10-30(12)23(35)19-21(33)20(32)15(9-31(18)19)22(34)29-8-14-16(27)6-13(26)7-17(14)28/h6-7,9,12,18,33H,4-5,8,10-11H2,1-3H3,(H,29,34)/t12-,18+,25-/m0/s1. The minimum Gasteiger partial charge on any atom is -0.503 e. The van der Waals surface area contributed by atoms with Gasteiger partial charge in [-0.05, 0) is 33.6 Å². The molecule has 12 heteroatoms. The molecule has 3 aliphatic rings. The number of nitrogens with one attached hydrogen (secondary N) is 1. The summed E-state index contributed by atoms with van der Waals surface area (Å²) < 4.78 is 54.8. The van der Waals surface area contributed by atoms with E-state index in [1.165, 1.54) is 4.57 Å². The summed E-state index contributed by atoms with van der Waals surface area (Å²) in [4.78, 5) is 40.8. The summed E-state index contributed by atoms with van der Waals surface area (Å²) in [6.45, 7) is 5.10. The molecule has 2 N–H and O–H groups in total. The van der Waals surface area contributed by atoms with E-state index in [0.29, 0.717) is 25.0 Å². The lowest BCUT2D eigenvalue weighted by Gasteiger charge is -2.42. The van der Waals surface area contributed by atoms with Crippen LogP contribution in [0.5, 0.6) is 5.75 Å². The number of aromatic hydroxyl groups is 1. The van der Waals surface area contributed by atoms with Gasteiger partial charge in [0.05, 0.1) is 12.6 Å². The second-order valence-corrected chi connectivity index (χ2v) is 10.2. The number of benzene rings is 1. The zero-order chi connectivity index (χ0) is 26.9. The summed E-state index contributed by atoms with van der Waals surface area (Å²) in [6.07, 6.45) is 2.27. The maximum Gasteiger partial charge on any atom is 0.274 e. The van der Waals surface area contributed by atoms with E-state index in [4.69, 9.17) is 9.47 Å². The Morgan fingerprint density at radius 2 is 1.89 bits per heavy atom. The Balaban J connectivity index is 1.56. The van der Waals surface area contributed by atoms with E-state index in [1.54, 1.807) is 18.7 Å². The summed E-state index contributed by atoms with van der Waals surface area (Å²) in [5, 5.41) is 13.1. The van der Waals surface area contributed by atoms with Crippen molar-refractivity contribution in [3.05, 3.63) is 62.8 Å². The van der Waals surface area contributed by atoms with Gasteiger partial charge in [0.2, 0.25) is 5.43 Å². The normalized spacial score (nSPS) is 26.2. The van der Waals surface area contributed by atoms with E-state index < -0.39 is 75.5 Å². The highest BCUT2D eigenvalue weighted by Crippen LogP contribution is 2.47. The quantitative estimate of drug-likeness (QED) is 0.643. The predicted octanol–water partition coefficient (Wildman–Crippen LogP) is 2.60. The number of rotatable bonds is 3. The first kappa shape index (κ1) is 25.3. The number of ether oxygens (including phenoxy) is 2.